The van der Waals surface area contributed by atoms with Gasteiger partial charge in [0.2, 0.25) is 0 Å². The molecule has 0 N–H and O–H groups in total. The molecule has 0 atom stereocenters. The SMILES string of the molecule is CC1=C(C(F)(F)F)C(=O)OC2(CCCCC2)O1. The zero-order valence-electron chi connectivity index (χ0n) is 9.39. The fourth-order valence-electron chi connectivity index (χ4n) is 2.32. The van der Waals surface area contributed by atoms with Crippen molar-refractivity contribution in [2.75, 3.05) is 0 Å². The minimum atomic E-state index is -4.72. The summed E-state index contributed by atoms with van der Waals surface area (Å²) in [6, 6.07) is 0. The van der Waals surface area contributed by atoms with E-state index < -0.39 is 23.5 Å². The summed E-state index contributed by atoms with van der Waals surface area (Å²) in [6.45, 7) is 1.17. The monoisotopic (exact) mass is 250 g/mol. The van der Waals surface area contributed by atoms with E-state index in [0.717, 1.165) is 19.3 Å². The van der Waals surface area contributed by atoms with Gasteiger partial charge in [0.05, 0.1) is 0 Å². The number of ether oxygens (including phenoxy) is 2. The van der Waals surface area contributed by atoms with Crippen molar-refractivity contribution < 1.29 is 27.4 Å². The maximum Gasteiger partial charge on any atom is 0.426 e. The van der Waals surface area contributed by atoms with Gasteiger partial charge in [-0.15, -0.1) is 0 Å². The van der Waals surface area contributed by atoms with Gasteiger partial charge in [-0.1, -0.05) is 6.42 Å². The summed E-state index contributed by atoms with van der Waals surface area (Å²) in [4.78, 5) is 11.4. The predicted octanol–water partition coefficient (Wildman–Crippen LogP) is 3.06. The minimum Gasteiger partial charge on any atom is -0.456 e. The lowest BCUT2D eigenvalue weighted by Crippen LogP contribution is -2.45. The van der Waals surface area contributed by atoms with Crippen molar-refractivity contribution in [3.8, 4) is 0 Å². The summed E-state index contributed by atoms with van der Waals surface area (Å²) in [7, 11) is 0. The molecule has 1 saturated carbocycles. The molecule has 0 aromatic carbocycles. The summed E-state index contributed by atoms with van der Waals surface area (Å²) in [6.07, 6.45) is -1.23. The third-order valence-electron chi connectivity index (χ3n) is 3.07. The Bertz CT molecular complexity index is 365. The van der Waals surface area contributed by atoms with Gasteiger partial charge in [-0.25, -0.2) is 4.79 Å². The third kappa shape index (κ3) is 2.25. The van der Waals surface area contributed by atoms with Crippen LogP contribution in [0.3, 0.4) is 0 Å². The Morgan fingerprint density at radius 1 is 1.12 bits per heavy atom. The molecule has 0 amide bonds. The highest BCUT2D eigenvalue weighted by atomic mass is 19.4. The number of hydrogen-bond donors (Lipinski definition) is 0. The molecule has 96 valence electrons. The van der Waals surface area contributed by atoms with E-state index in [1.165, 1.54) is 6.92 Å². The van der Waals surface area contributed by atoms with Crippen molar-refractivity contribution in [3.05, 3.63) is 11.3 Å². The number of rotatable bonds is 0. The second kappa shape index (κ2) is 3.92. The topological polar surface area (TPSA) is 35.5 Å². The molecule has 6 heteroatoms. The lowest BCUT2D eigenvalue weighted by molar-refractivity contribution is -0.243. The van der Waals surface area contributed by atoms with Crippen LogP contribution in [0.15, 0.2) is 11.3 Å². The molecule has 2 aliphatic rings. The van der Waals surface area contributed by atoms with Crippen LogP contribution in [0.2, 0.25) is 0 Å². The second-order valence-corrected chi connectivity index (χ2v) is 4.39. The van der Waals surface area contributed by atoms with Crippen molar-refractivity contribution >= 4 is 5.97 Å². The first kappa shape index (κ1) is 12.3. The molecule has 1 aliphatic heterocycles. The van der Waals surface area contributed by atoms with Crippen LogP contribution < -0.4 is 0 Å². The van der Waals surface area contributed by atoms with E-state index >= 15 is 0 Å². The van der Waals surface area contributed by atoms with Crippen LogP contribution in [0.5, 0.6) is 0 Å². The fourth-order valence-corrected chi connectivity index (χ4v) is 2.32. The van der Waals surface area contributed by atoms with E-state index in [4.69, 9.17) is 9.47 Å². The lowest BCUT2D eigenvalue weighted by Gasteiger charge is -2.40. The van der Waals surface area contributed by atoms with Crippen molar-refractivity contribution in [2.24, 2.45) is 0 Å². The second-order valence-electron chi connectivity index (χ2n) is 4.39. The Hall–Kier alpha value is -1.20. The van der Waals surface area contributed by atoms with Gasteiger partial charge in [-0.3, -0.25) is 0 Å². The van der Waals surface area contributed by atoms with Gasteiger partial charge in [-0.05, 0) is 19.8 Å². The molecule has 1 heterocycles. The molecule has 3 nitrogen and oxygen atoms in total. The Morgan fingerprint density at radius 2 is 1.71 bits per heavy atom. The van der Waals surface area contributed by atoms with Gasteiger partial charge in [0, 0.05) is 12.8 Å². The minimum absolute atomic E-state index is 0.379. The summed E-state index contributed by atoms with van der Waals surface area (Å²) in [5, 5.41) is 0. The molecule has 0 aromatic rings. The smallest absolute Gasteiger partial charge is 0.426 e. The van der Waals surface area contributed by atoms with Crippen LogP contribution in [-0.4, -0.2) is 17.9 Å². The molecule has 0 saturated heterocycles. The van der Waals surface area contributed by atoms with E-state index in [1.807, 2.05) is 0 Å². The van der Waals surface area contributed by atoms with Crippen LogP contribution in [0, 0.1) is 0 Å². The quantitative estimate of drug-likeness (QED) is 0.620. The van der Waals surface area contributed by atoms with Crippen LogP contribution in [0.4, 0.5) is 13.2 Å². The van der Waals surface area contributed by atoms with E-state index in [0.29, 0.717) is 12.8 Å². The van der Waals surface area contributed by atoms with Crippen molar-refractivity contribution in [1.82, 2.24) is 0 Å². The van der Waals surface area contributed by atoms with E-state index in [2.05, 4.69) is 0 Å². The molecule has 0 bridgehead atoms. The highest BCUT2D eigenvalue weighted by Gasteiger charge is 2.51. The summed E-state index contributed by atoms with van der Waals surface area (Å²) >= 11 is 0. The normalized spacial score (nSPS) is 24.6. The molecule has 0 unspecified atom stereocenters. The van der Waals surface area contributed by atoms with E-state index in [-0.39, 0.29) is 5.76 Å². The van der Waals surface area contributed by atoms with Crippen LogP contribution in [0.1, 0.15) is 39.0 Å². The van der Waals surface area contributed by atoms with Crippen LogP contribution >= 0.6 is 0 Å². The molecular formula is C11H13F3O3. The number of carbonyl (C=O) groups excluding carboxylic acids is 1. The Labute approximate surface area is 96.6 Å². The first-order valence-electron chi connectivity index (χ1n) is 5.54. The van der Waals surface area contributed by atoms with Gasteiger partial charge in [-0.2, -0.15) is 13.2 Å². The Morgan fingerprint density at radius 3 is 2.18 bits per heavy atom. The molecular weight excluding hydrogens is 237 g/mol. The molecule has 17 heavy (non-hydrogen) atoms. The molecule has 1 fully saturated rings. The number of alkyl halides is 3. The number of carbonyl (C=O) groups is 1. The third-order valence-corrected chi connectivity index (χ3v) is 3.07. The largest absolute Gasteiger partial charge is 0.456 e. The van der Waals surface area contributed by atoms with Gasteiger partial charge < -0.3 is 9.47 Å². The highest BCUT2D eigenvalue weighted by molar-refractivity contribution is 5.91. The highest BCUT2D eigenvalue weighted by Crippen LogP contribution is 2.42. The van der Waals surface area contributed by atoms with Gasteiger partial charge in [0.25, 0.3) is 5.79 Å². The maximum atomic E-state index is 12.6. The van der Waals surface area contributed by atoms with Crippen LogP contribution in [-0.2, 0) is 14.3 Å². The fraction of sp³-hybridized carbons (Fsp3) is 0.727. The number of esters is 1. The summed E-state index contributed by atoms with van der Waals surface area (Å²) < 4.78 is 47.8. The molecule has 1 aliphatic carbocycles. The van der Waals surface area contributed by atoms with Crippen LogP contribution in [0.25, 0.3) is 0 Å². The number of hydrogen-bond acceptors (Lipinski definition) is 3. The van der Waals surface area contributed by atoms with Gasteiger partial charge in [0.1, 0.15) is 5.76 Å². The maximum absolute atomic E-state index is 12.6. The van der Waals surface area contributed by atoms with Crippen molar-refractivity contribution in [1.29, 1.82) is 0 Å². The summed E-state index contributed by atoms with van der Waals surface area (Å²) in [5.41, 5.74) is -1.33. The molecule has 1 spiro atoms. The zero-order valence-corrected chi connectivity index (χ0v) is 9.39. The van der Waals surface area contributed by atoms with Crippen molar-refractivity contribution in [3.63, 3.8) is 0 Å². The predicted molar refractivity (Wildman–Crippen MR) is 51.7 cm³/mol. The average molecular weight is 250 g/mol. The first-order valence-corrected chi connectivity index (χ1v) is 5.54. The van der Waals surface area contributed by atoms with E-state index in [9.17, 15) is 18.0 Å². The summed E-state index contributed by atoms with van der Waals surface area (Å²) in [5.74, 6) is -2.85. The molecule has 0 aromatic heterocycles. The van der Waals surface area contributed by atoms with Gasteiger partial charge in [0.15, 0.2) is 5.57 Å². The number of allylic oxidation sites excluding steroid dienone is 1. The lowest BCUT2D eigenvalue weighted by atomic mass is 9.93. The molecule has 0 radical (unpaired) electrons. The average Bonchev–Trinajstić information content (AvgIpc) is 2.14. The molecule has 2 rings (SSSR count). The first-order chi connectivity index (χ1) is 7.84. The zero-order chi connectivity index (χ0) is 12.7. The van der Waals surface area contributed by atoms with Gasteiger partial charge >= 0.3 is 12.1 Å². The van der Waals surface area contributed by atoms with E-state index in [1.54, 1.807) is 0 Å². The number of halogens is 3. The Balaban J connectivity index is 2.29. The van der Waals surface area contributed by atoms with Crippen molar-refractivity contribution in [2.45, 2.75) is 51.0 Å². The Kier molecular flexibility index (Phi) is 2.83. The standard InChI is InChI=1S/C11H13F3O3/c1-7-8(11(12,13)14)9(15)17-10(16-7)5-3-2-4-6-10/h2-6H2,1H3.